The first kappa shape index (κ1) is 7.51. The van der Waals surface area contributed by atoms with E-state index >= 15 is 0 Å². The quantitative estimate of drug-likeness (QED) is 0.646. The topological polar surface area (TPSA) is 16.1 Å². The first-order valence-electron chi connectivity index (χ1n) is 4.99. The van der Waals surface area contributed by atoms with E-state index in [0.717, 1.165) is 19.0 Å². The molecule has 13 heavy (non-hydrogen) atoms. The number of aromatic nitrogens is 1. The van der Waals surface area contributed by atoms with Crippen LogP contribution in [-0.2, 0) is 13.1 Å². The molecule has 0 saturated heterocycles. The molecule has 0 N–H and O–H groups in total. The van der Waals surface area contributed by atoms with E-state index in [1.54, 1.807) is 0 Å². The summed E-state index contributed by atoms with van der Waals surface area (Å²) in [6, 6.07) is 2.32. The molecular weight excluding hydrogens is 160 g/mol. The third-order valence-electron chi connectivity index (χ3n) is 2.98. The van der Waals surface area contributed by atoms with E-state index in [0.29, 0.717) is 0 Å². The smallest absolute Gasteiger partial charge is 0.0437 e. The molecule has 0 spiro atoms. The Morgan fingerprint density at radius 1 is 1.31 bits per heavy atom. The fraction of sp³-hybridized carbons (Fsp3) is 0.545. The van der Waals surface area contributed by atoms with Crippen molar-refractivity contribution in [2.24, 2.45) is 0 Å². The number of nitrogens with zero attached hydrogens (tertiary/aromatic N) is 2. The van der Waals surface area contributed by atoms with Crippen molar-refractivity contribution < 1.29 is 0 Å². The van der Waals surface area contributed by atoms with Crippen molar-refractivity contribution >= 4 is 0 Å². The van der Waals surface area contributed by atoms with Crippen molar-refractivity contribution in [1.82, 2.24) is 9.88 Å². The standard InChI is InChI=1S/C11H14N2/c1-13-6-9-4-11(8-2-3-8)12-5-10(9)7-13/h4-5,8H,2-3,6-7H2,1H3. The summed E-state index contributed by atoms with van der Waals surface area (Å²) in [5.41, 5.74) is 4.25. The molecule has 3 rings (SSSR count). The van der Waals surface area contributed by atoms with Crippen LogP contribution in [0.25, 0.3) is 0 Å². The normalized spacial score (nSPS) is 21.9. The number of pyridine rings is 1. The maximum atomic E-state index is 4.52. The minimum atomic E-state index is 0.788. The zero-order chi connectivity index (χ0) is 8.84. The Labute approximate surface area is 78.6 Å². The van der Waals surface area contributed by atoms with Crippen molar-refractivity contribution in [3.63, 3.8) is 0 Å². The molecule has 0 radical (unpaired) electrons. The van der Waals surface area contributed by atoms with Gasteiger partial charge in [-0.2, -0.15) is 0 Å². The highest BCUT2D eigenvalue weighted by atomic mass is 15.1. The van der Waals surface area contributed by atoms with Gasteiger partial charge in [-0.3, -0.25) is 9.88 Å². The van der Waals surface area contributed by atoms with Gasteiger partial charge in [-0.05, 0) is 37.1 Å². The van der Waals surface area contributed by atoms with Gasteiger partial charge in [0, 0.05) is 30.9 Å². The van der Waals surface area contributed by atoms with Crippen molar-refractivity contribution in [2.75, 3.05) is 7.05 Å². The average molecular weight is 174 g/mol. The van der Waals surface area contributed by atoms with Crippen molar-refractivity contribution in [3.05, 3.63) is 29.1 Å². The molecule has 68 valence electrons. The van der Waals surface area contributed by atoms with E-state index in [-0.39, 0.29) is 0 Å². The molecule has 1 saturated carbocycles. The SMILES string of the molecule is CN1Cc2cnc(C3CC3)cc2C1. The van der Waals surface area contributed by atoms with Gasteiger partial charge in [0.2, 0.25) is 0 Å². The zero-order valence-electron chi connectivity index (χ0n) is 7.95. The van der Waals surface area contributed by atoms with E-state index in [2.05, 4.69) is 29.2 Å². The first-order chi connectivity index (χ1) is 6.33. The molecule has 1 aliphatic heterocycles. The van der Waals surface area contributed by atoms with E-state index in [1.807, 2.05) is 0 Å². The van der Waals surface area contributed by atoms with Crippen LogP contribution in [0.4, 0.5) is 0 Å². The number of fused-ring (bicyclic) bond motifs is 1. The van der Waals surface area contributed by atoms with Crippen LogP contribution < -0.4 is 0 Å². The Morgan fingerprint density at radius 2 is 2.08 bits per heavy atom. The molecule has 2 heterocycles. The molecule has 0 aromatic carbocycles. The molecule has 1 aromatic heterocycles. The Balaban J connectivity index is 1.98. The molecule has 1 aliphatic carbocycles. The van der Waals surface area contributed by atoms with Crippen LogP contribution in [0, 0.1) is 0 Å². The van der Waals surface area contributed by atoms with Gasteiger partial charge in [0.15, 0.2) is 0 Å². The molecule has 2 aliphatic rings. The second-order valence-electron chi connectivity index (χ2n) is 4.32. The van der Waals surface area contributed by atoms with Crippen LogP contribution in [-0.4, -0.2) is 16.9 Å². The highest BCUT2D eigenvalue weighted by Gasteiger charge is 2.26. The fourth-order valence-electron chi connectivity index (χ4n) is 2.07. The van der Waals surface area contributed by atoms with Crippen LogP contribution in [0.15, 0.2) is 12.3 Å². The maximum absolute atomic E-state index is 4.52. The van der Waals surface area contributed by atoms with Gasteiger partial charge in [-0.15, -0.1) is 0 Å². The molecular formula is C11H14N2. The second kappa shape index (κ2) is 2.55. The predicted octanol–water partition coefficient (Wildman–Crippen LogP) is 1.90. The van der Waals surface area contributed by atoms with Gasteiger partial charge in [0.25, 0.3) is 0 Å². The minimum absolute atomic E-state index is 0.788. The van der Waals surface area contributed by atoms with Gasteiger partial charge in [0.05, 0.1) is 0 Å². The number of rotatable bonds is 1. The summed E-state index contributed by atoms with van der Waals surface area (Å²) in [5, 5.41) is 0. The Morgan fingerprint density at radius 3 is 2.85 bits per heavy atom. The average Bonchev–Trinajstić information content (AvgIpc) is 2.87. The highest BCUT2D eigenvalue weighted by molar-refractivity contribution is 5.32. The summed E-state index contributed by atoms with van der Waals surface area (Å²) >= 11 is 0. The summed E-state index contributed by atoms with van der Waals surface area (Å²) < 4.78 is 0. The van der Waals surface area contributed by atoms with Crippen molar-refractivity contribution in [2.45, 2.75) is 31.8 Å². The molecule has 2 nitrogen and oxygen atoms in total. The summed E-state index contributed by atoms with van der Waals surface area (Å²) in [6.07, 6.45) is 4.77. The summed E-state index contributed by atoms with van der Waals surface area (Å²) in [5.74, 6) is 0.788. The van der Waals surface area contributed by atoms with Crippen LogP contribution in [0.5, 0.6) is 0 Å². The summed E-state index contributed by atoms with van der Waals surface area (Å²) in [4.78, 5) is 6.86. The van der Waals surface area contributed by atoms with Crippen LogP contribution >= 0.6 is 0 Å². The van der Waals surface area contributed by atoms with Gasteiger partial charge < -0.3 is 0 Å². The Hall–Kier alpha value is -0.890. The van der Waals surface area contributed by atoms with Crippen LogP contribution in [0.1, 0.15) is 35.6 Å². The number of hydrogen-bond acceptors (Lipinski definition) is 2. The lowest BCUT2D eigenvalue weighted by Gasteiger charge is -2.02. The monoisotopic (exact) mass is 174 g/mol. The summed E-state index contributed by atoms with van der Waals surface area (Å²) in [7, 11) is 2.16. The van der Waals surface area contributed by atoms with Gasteiger partial charge in [-0.1, -0.05) is 0 Å². The van der Waals surface area contributed by atoms with E-state index < -0.39 is 0 Å². The van der Waals surface area contributed by atoms with Gasteiger partial charge in [-0.25, -0.2) is 0 Å². The molecule has 0 unspecified atom stereocenters. The molecule has 2 heteroatoms. The summed E-state index contributed by atoms with van der Waals surface area (Å²) in [6.45, 7) is 2.19. The van der Waals surface area contributed by atoms with Crippen LogP contribution in [0.3, 0.4) is 0 Å². The fourth-order valence-corrected chi connectivity index (χ4v) is 2.07. The van der Waals surface area contributed by atoms with E-state index in [4.69, 9.17) is 0 Å². The lowest BCUT2D eigenvalue weighted by Crippen LogP contribution is -2.07. The van der Waals surface area contributed by atoms with Crippen molar-refractivity contribution in [1.29, 1.82) is 0 Å². The largest absolute Gasteiger partial charge is 0.298 e. The van der Waals surface area contributed by atoms with Crippen LogP contribution in [0.2, 0.25) is 0 Å². The highest BCUT2D eigenvalue weighted by Crippen LogP contribution is 2.39. The minimum Gasteiger partial charge on any atom is -0.298 e. The third kappa shape index (κ3) is 1.25. The molecule has 1 fully saturated rings. The molecule has 0 bridgehead atoms. The van der Waals surface area contributed by atoms with E-state index in [1.165, 1.54) is 29.7 Å². The molecule has 0 atom stereocenters. The second-order valence-corrected chi connectivity index (χ2v) is 4.32. The third-order valence-corrected chi connectivity index (χ3v) is 2.98. The Kier molecular flexibility index (Phi) is 1.47. The lowest BCUT2D eigenvalue weighted by atomic mass is 10.1. The number of hydrogen-bond donors (Lipinski definition) is 0. The molecule has 0 amide bonds. The first-order valence-corrected chi connectivity index (χ1v) is 4.99. The van der Waals surface area contributed by atoms with E-state index in [9.17, 15) is 0 Å². The van der Waals surface area contributed by atoms with Crippen molar-refractivity contribution in [3.8, 4) is 0 Å². The predicted molar refractivity (Wildman–Crippen MR) is 51.4 cm³/mol. The molecule has 1 aromatic rings. The Bertz CT molecular complexity index is 342. The van der Waals surface area contributed by atoms with Gasteiger partial charge in [0.1, 0.15) is 0 Å². The lowest BCUT2D eigenvalue weighted by molar-refractivity contribution is 0.353. The van der Waals surface area contributed by atoms with Gasteiger partial charge >= 0.3 is 0 Å². The maximum Gasteiger partial charge on any atom is 0.0437 e. The zero-order valence-corrected chi connectivity index (χ0v) is 7.95.